The summed E-state index contributed by atoms with van der Waals surface area (Å²) in [4.78, 5) is 11.3. The molecule has 0 aromatic heterocycles. The standard InChI is InChI=1S/C22H33F2N5O.HI/c1-25-21(26-17-22(6-14-30-15-7-22)29-8-2-3-9-29)28-12-10-27(11-13-28)20-16-18(23)4-5-19(20)24;/h4-5,16H,2-3,6-15,17H2,1H3,(H,25,26);1H. The summed E-state index contributed by atoms with van der Waals surface area (Å²) >= 11 is 0. The van der Waals surface area contributed by atoms with Gasteiger partial charge in [-0.15, -0.1) is 24.0 Å². The van der Waals surface area contributed by atoms with Crippen molar-refractivity contribution in [3.8, 4) is 0 Å². The molecule has 3 aliphatic heterocycles. The zero-order valence-corrected chi connectivity index (χ0v) is 20.6. The van der Waals surface area contributed by atoms with E-state index in [1.807, 2.05) is 11.9 Å². The molecule has 3 fully saturated rings. The molecule has 1 aromatic carbocycles. The minimum absolute atomic E-state index is 0. The van der Waals surface area contributed by atoms with Crippen molar-refractivity contribution in [3.05, 3.63) is 29.8 Å². The number of halogens is 3. The van der Waals surface area contributed by atoms with Gasteiger partial charge in [-0.1, -0.05) is 0 Å². The van der Waals surface area contributed by atoms with Crippen LogP contribution in [0.2, 0.25) is 0 Å². The molecule has 0 amide bonds. The van der Waals surface area contributed by atoms with Crippen LogP contribution >= 0.6 is 24.0 Å². The Hall–Kier alpha value is -1.20. The van der Waals surface area contributed by atoms with E-state index in [1.54, 1.807) is 0 Å². The van der Waals surface area contributed by atoms with Crippen LogP contribution < -0.4 is 10.2 Å². The number of guanidine groups is 1. The highest BCUT2D eigenvalue weighted by molar-refractivity contribution is 14.0. The summed E-state index contributed by atoms with van der Waals surface area (Å²) in [5.74, 6) is 0.105. The van der Waals surface area contributed by atoms with Gasteiger partial charge in [0, 0.05) is 64.6 Å². The highest BCUT2D eigenvalue weighted by atomic mass is 127. The molecular formula is C22H34F2IN5O. The Morgan fingerprint density at radius 2 is 1.74 bits per heavy atom. The molecule has 0 radical (unpaired) electrons. The monoisotopic (exact) mass is 549 g/mol. The molecule has 1 aromatic rings. The molecule has 0 aliphatic carbocycles. The van der Waals surface area contributed by atoms with E-state index >= 15 is 0 Å². The molecule has 0 spiro atoms. The van der Waals surface area contributed by atoms with E-state index < -0.39 is 5.82 Å². The first kappa shape index (κ1) is 24.4. The highest BCUT2D eigenvalue weighted by Gasteiger charge is 2.40. The first-order chi connectivity index (χ1) is 14.6. The van der Waals surface area contributed by atoms with Crippen molar-refractivity contribution in [2.75, 3.05) is 71.0 Å². The summed E-state index contributed by atoms with van der Waals surface area (Å²) in [6.45, 7) is 7.52. The molecule has 0 saturated carbocycles. The summed E-state index contributed by atoms with van der Waals surface area (Å²) in [5.41, 5.74) is 0.477. The Morgan fingerprint density at radius 1 is 1.06 bits per heavy atom. The van der Waals surface area contributed by atoms with Gasteiger partial charge in [-0.05, 0) is 50.9 Å². The smallest absolute Gasteiger partial charge is 0.193 e. The molecule has 0 unspecified atom stereocenters. The Morgan fingerprint density at radius 3 is 2.39 bits per heavy atom. The van der Waals surface area contributed by atoms with Crippen LogP contribution in [-0.2, 0) is 4.74 Å². The van der Waals surface area contributed by atoms with Crippen molar-refractivity contribution in [1.29, 1.82) is 0 Å². The van der Waals surface area contributed by atoms with Crippen LogP contribution in [0.15, 0.2) is 23.2 Å². The van der Waals surface area contributed by atoms with Gasteiger partial charge < -0.3 is 19.9 Å². The highest BCUT2D eigenvalue weighted by Crippen LogP contribution is 2.31. The summed E-state index contributed by atoms with van der Waals surface area (Å²) in [7, 11) is 1.81. The maximum absolute atomic E-state index is 14.1. The lowest BCUT2D eigenvalue weighted by Crippen LogP contribution is -2.60. The Kier molecular flexibility index (Phi) is 8.74. The van der Waals surface area contributed by atoms with E-state index in [1.165, 1.54) is 25.0 Å². The summed E-state index contributed by atoms with van der Waals surface area (Å²) in [6.07, 6.45) is 4.64. The van der Waals surface area contributed by atoms with Gasteiger partial charge in [0.2, 0.25) is 0 Å². The summed E-state index contributed by atoms with van der Waals surface area (Å²) in [6, 6.07) is 3.64. The third kappa shape index (κ3) is 5.60. The molecule has 0 atom stereocenters. The maximum Gasteiger partial charge on any atom is 0.193 e. The van der Waals surface area contributed by atoms with E-state index in [0.717, 1.165) is 70.8 Å². The van der Waals surface area contributed by atoms with Crippen molar-refractivity contribution in [2.24, 2.45) is 4.99 Å². The van der Waals surface area contributed by atoms with Gasteiger partial charge in [-0.2, -0.15) is 0 Å². The fourth-order valence-corrected chi connectivity index (χ4v) is 5.01. The third-order valence-corrected chi connectivity index (χ3v) is 6.82. The number of aliphatic imine (C=N–C) groups is 1. The second kappa shape index (κ2) is 11.1. The van der Waals surface area contributed by atoms with Crippen LogP contribution in [0.3, 0.4) is 0 Å². The second-order valence-electron chi connectivity index (χ2n) is 8.50. The first-order valence-corrected chi connectivity index (χ1v) is 11.1. The quantitative estimate of drug-likeness (QED) is 0.356. The van der Waals surface area contributed by atoms with Crippen molar-refractivity contribution in [2.45, 2.75) is 31.2 Å². The molecule has 4 rings (SSSR count). The van der Waals surface area contributed by atoms with Gasteiger partial charge in [-0.25, -0.2) is 8.78 Å². The topological polar surface area (TPSA) is 43.3 Å². The molecule has 1 N–H and O–H groups in total. The normalized spacial score (nSPS) is 22.4. The molecule has 0 bridgehead atoms. The van der Waals surface area contributed by atoms with Gasteiger partial charge in [0.1, 0.15) is 11.6 Å². The minimum Gasteiger partial charge on any atom is -0.381 e. The summed E-state index contributed by atoms with van der Waals surface area (Å²) < 4.78 is 33.3. The van der Waals surface area contributed by atoms with Gasteiger partial charge >= 0.3 is 0 Å². The molecule has 9 heteroatoms. The number of rotatable bonds is 4. The average Bonchev–Trinajstić information content (AvgIpc) is 3.33. The number of hydrogen-bond donors (Lipinski definition) is 1. The van der Waals surface area contributed by atoms with E-state index in [2.05, 4.69) is 20.1 Å². The fraction of sp³-hybridized carbons (Fsp3) is 0.682. The van der Waals surface area contributed by atoms with Crippen LogP contribution in [0, 0.1) is 11.6 Å². The Labute approximate surface area is 201 Å². The predicted octanol–water partition coefficient (Wildman–Crippen LogP) is 2.93. The lowest BCUT2D eigenvalue weighted by molar-refractivity contribution is -0.0166. The van der Waals surface area contributed by atoms with Crippen molar-refractivity contribution >= 4 is 35.6 Å². The zero-order valence-electron chi connectivity index (χ0n) is 18.3. The fourth-order valence-electron chi connectivity index (χ4n) is 5.01. The third-order valence-electron chi connectivity index (χ3n) is 6.82. The molecule has 3 saturated heterocycles. The van der Waals surface area contributed by atoms with Crippen molar-refractivity contribution in [1.82, 2.24) is 15.1 Å². The molecular weight excluding hydrogens is 515 g/mol. The minimum atomic E-state index is -0.407. The second-order valence-corrected chi connectivity index (χ2v) is 8.50. The average molecular weight is 549 g/mol. The van der Waals surface area contributed by atoms with E-state index in [-0.39, 0.29) is 35.3 Å². The van der Waals surface area contributed by atoms with Crippen LogP contribution in [-0.4, -0.2) is 87.4 Å². The molecule has 6 nitrogen and oxygen atoms in total. The Bertz CT molecular complexity index is 745. The molecule has 174 valence electrons. The van der Waals surface area contributed by atoms with E-state index in [9.17, 15) is 8.78 Å². The molecule has 3 heterocycles. The molecule has 3 aliphatic rings. The number of nitrogens with one attached hydrogen (secondary N) is 1. The largest absolute Gasteiger partial charge is 0.381 e. The van der Waals surface area contributed by atoms with Crippen LogP contribution in [0.4, 0.5) is 14.5 Å². The van der Waals surface area contributed by atoms with Gasteiger partial charge in [0.15, 0.2) is 5.96 Å². The number of nitrogens with zero attached hydrogens (tertiary/aromatic N) is 4. The van der Waals surface area contributed by atoms with Crippen molar-refractivity contribution in [3.63, 3.8) is 0 Å². The number of benzene rings is 1. The van der Waals surface area contributed by atoms with Gasteiger partial charge in [0.05, 0.1) is 5.69 Å². The summed E-state index contributed by atoms with van der Waals surface area (Å²) in [5, 5.41) is 3.63. The lowest BCUT2D eigenvalue weighted by Gasteiger charge is -2.45. The number of ether oxygens (including phenoxy) is 1. The SMILES string of the molecule is CN=C(NCC1(N2CCCC2)CCOCC1)N1CCN(c2cc(F)ccc2F)CC1.I. The number of anilines is 1. The Balaban J connectivity index is 0.00000272. The van der Waals surface area contributed by atoms with E-state index in [0.29, 0.717) is 18.8 Å². The molecule has 31 heavy (non-hydrogen) atoms. The van der Waals surface area contributed by atoms with Crippen LogP contribution in [0.5, 0.6) is 0 Å². The van der Waals surface area contributed by atoms with Gasteiger partial charge in [0.25, 0.3) is 0 Å². The predicted molar refractivity (Wildman–Crippen MR) is 131 cm³/mol. The zero-order chi connectivity index (χ0) is 21.0. The first-order valence-electron chi connectivity index (χ1n) is 11.1. The maximum atomic E-state index is 14.1. The van der Waals surface area contributed by atoms with Crippen LogP contribution in [0.1, 0.15) is 25.7 Å². The van der Waals surface area contributed by atoms with E-state index in [4.69, 9.17) is 4.74 Å². The van der Waals surface area contributed by atoms with Gasteiger partial charge in [-0.3, -0.25) is 9.89 Å². The lowest BCUT2D eigenvalue weighted by atomic mass is 9.88. The number of hydrogen-bond acceptors (Lipinski definition) is 4. The number of likely N-dealkylation sites (tertiary alicyclic amines) is 1. The van der Waals surface area contributed by atoms with Crippen molar-refractivity contribution < 1.29 is 13.5 Å². The number of piperazine rings is 1. The van der Waals surface area contributed by atoms with Crippen LogP contribution in [0.25, 0.3) is 0 Å².